The first-order valence-electron chi connectivity index (χ1n) is 2.40. The highest BCUT2D eigenvalue weighted by atomic mass is 19.1. The van der Waals surface area contributed by atoms with Crippen molar-refractivity contribution in [3.05, 3.63) is 12.2 Å². The van der Waals surface area contributed by atoms with Crippen LogP contribution in [0.1, 0.15) is 0 Å². The van der Waals surface area contributed by atoms with Crippen molar-refractivity contribution in [3.8, 4) is 0 Å². The number of rotatable bonds is 3. The maximum Gasteiger partial charge on any atom is 0.404 e. The lowest BCUT2D eigenvalue weighted by Gasteiger charge is -1.91. The number of hydrogen-bond acceptors (Lipinski definition) is 2. The van der Waals surface area contributed by atoms with Gasteiger partial charge in [-0.2, -0.15) is 0 Å². The van der Waals surface area contributed by atoms with Gasteiger partial charge in [0.15, 0.2) is 0 Å². The minimum atomic E-state index is -0.849. The van der Waals surface area contributed by atoms with Gasteiger partial charge in [0, 0.05) is 0 Å². The summed E-state index contributed by atoms with van der Waals surface area (Å²) in [5.74, 6) is 0. The summed E-state index contributed by atoms with van der Waals surface area (Å²) < 4.78 is 15.5. The molecule has 1 amide bonds. The van der Waals surface area contributed by atoms with Crippen LogP contribution in [0, 0.1) is 0 Å². The van der Waals surface area contributed by atoms with Gasteiger partial charge in [-0.05, 0) is 6.08 Å². The third kappa shape index (κ3) is 6.94. The molecule has 0 saturated carbocycles. The molecule has 52 valence electrons. The van der Waals surface area contributed by atoms with Crippen LogP contribution < -0.4 is 5.73 Å². The molecular weight excluding hydrogens is 125 g/mol. The van der Waals surface area contributed by atoms with E-state index in [1.54, 1.807) is 0 Å². The Morgan fingerprint density at radius 1 is 1.67 bits per heavy atom. The molecule has 3 nitrogen and oxygen atoms in total. The number of alkyl halides is 1. The average Bonchev–Trinajstić information content (AvgIpc) is 1.80. The Hall–Kier alpha value is -1.06. The van der Waals surface area contributed by atoms with Crippen molar-refractivity contribution in [1.82, 2.24) is 0 Å². The van der Waals surface area contributed by atoms with Gasteiger partial charge in [-0.3, -0.25) is 0 Å². The second kappa shape index (κ2) is 5.08. The van der Waals surface area contributed by atoms with Crippen LogP contribution in [0.15, 0.2) is 12.2 Å². The molecule has 4 heteroatoms. The topological polar surface area (TPSA) is 52.3 Å². The monoisotopic (exact) mass is 133 g/mol. The van der Waals surface area contributed by atoms with E-state index in [-0.39, 0.29) is 6.61 Å². The molecule has 0 fully saturated rings. The van der Waals surface area contributed by atoms with Crippen LogP contribution >= 0.6 is 0 Å². The van der Waals surface area contributed by atoms with Gasteiger partial charge in [0.05, 0.1) is 0 Å². The Morgan fingerprint density at radius 3 is 2.78 bits per heavy atom. The number of nitrogens with two attached hydrogens (primary N) is 1. The maximum atomic E-state index is 11.3. The Balaban J connectivity index is 3.09. The Labute approximate surface area is 52.3 Å². The number of allylic oxidation sites excluding steroid dienone is 1. The number of primary amides is 1. The van der Waals surface area contributed by atoms with Crippen molar-refractivity contribution in [2.75, 3.05) is 13.3 Å². The number of carbonyl (C=O) groups excluding carboxylic acids is 1. The third-order valence-electron chi connectivity index (χ3n) is 0.578. The number of ether oxygens (including phenoxy) is 1. The molecule has 0 bridgehead atoms. The predicted molar refractivity (Wildman–Crippen MR) is 30.7 cm³/mol. The Bertz CT molecular complexity index is 114. The van der Waals surface area contributed by atoms with Crippen LogP contribution in [0.25, 0.3) is 0 Å². The molecule has 2 N–H and O–H groups in total. The van der Waals surface area contributed by atoms with Crippen molar-refractivity contribution < 1.29 is 13.9 Å². The number of hydrogen-bond donors (Lipinski definition) is 1. The molecule has 0 aromatic heterocycles. The van der Waals surface area contributed by atoms with Crippen LogP contribution in [0.2, 0.25) is 0 Å². The lowest BCUT2D eigenvalue weighted by molar-refractivity contribution is 0.169. The Kier molecular flexibility index (Phi) is 4.49. The van der Waals surface area contributed by atoms with Crippen molar-refractivity contribution in [2.24, 2.45) is 5.73 Å². The molecular formula is C5H8FNO2. The second-order valence-corrected chi connectivity index (χ2v) is 1.26. The van der Waals surface area contributed by atoms with Crippen molar-refractivity contribution in [2.45, 2.75) is 0 Å². The van der Waals surface area contributed by atoms with Crippen LogP contribution in [-0.4, -0.2) is 19.4 Å². The summed E-state index contributed by atoms with van der Waals surface area (Å²) >= 11 is 0. The molecule has 0 aromatic carbocycles. The predicted octanol–water partition coefficient (Wildman–Crippen LogP) is 0.607. The van der Waals surface area contributed by atoms with E-state index in [1.807, 2.05) is 0 Å². The van der Waals surface area contributed by atoms with Crippen LogP contribution in [0.4, 0.5) is 9.18 Å². The van der Waals surface area contributed by atoms with Crippen molar-refractivity contribution in [3.63, 3.8) is 0 Å². The molecule has 0 spiro atoms. The van der Waals surface area contributed by atoms with E-state index in [2.05, 4.69) is 10.5 Å². The standard InChI is InChI=1S/C5H8FNO2/c6-3-1-2-4-9-5(7)8/h1-2H,3-4H2,(H2,7,8). The summed E-state index contributed by atoms with van der Waals surface area (Å²) in [5.41, 5.74) is 4.59. The maximum absolute atomic E-state index is 11.3. The summed E-state index contributed by atoms with van der Waals surface area (Å²) in [5, 5.41) is 0. The molecule has 0 aromatic rings. The summed E-state index contributed by atoms with van der Waals surface area (Å²) in [6.45, 7) is -0.513. The lowest BCUT2D eigenvalue weighted by Crippen LogP contribution is -2.12. The van der Waals surface area contributed by atoms with Crippen LogP contribution in [-0.2, 0) is 4.74 Å². The minimum Gasteiger partial charge on any atom is -0.445 e. The van der Waals surface area contributed by atoms with E-state index in [4.69, 9.17) is 0 Å². The van der Waals surface area contributed by atoms with Gasteiger partial charge < -0.3 is 10.5 Å². The first-order chi connectivity index (χ1) is 4.27. The SMILES string of the molecule is NC(=O)OCC=CCF. The van der Waals surface area contributed by atoms with Crippen molar-refractivity contribution in [1.29, 1.82) is 0 Å². The van der Waals surface area contributed by atoms with Gasteiger partial charge in [0.2, 0.25) is 0 Å². The highest BCUT2D eigenvalue weighted by Gasteiger charge is 1.85. The summed E-state index contributed by atoms with van der Waals surface area (Å²) in [6, 6.07) is 0. The van der Waals surface area contributed by atoms with E-state index in [0.29, 0.717) is 0 Å². The largest absolute Gasteiger partial charge is 0.445 e. The van der Waals surface area contributed by atoms with E-state index in [0.717, 1.165) is 0 Å². The smallest absolute Gasteiger partial charge is 0.404 e. The summed E-state index contributed by atoms with van der Waals surface area (Å²) in [7, 11) is 0. The first-order valence-corrected chi connectivity index (χ1v) is 2.40. The summed E-state index contributed by atoms with van der Waals surface area (Å²) in [6.07, 6.45) is 1.77. The van der Waals surface area contributed by atoms with Crippen LogP contribution in [0.3, 0.4) is 0 Å². The van der Waals surface area contributed by atoms with E-state index in [9.17, 15) is 9.18 Å². The zero-order chi connectivity index (χ0) is 7.11. The number of carbonyl (C=O) groups is 1. The molecule has 0 atom stereocenters. The molecule has 0 aliphatic heterocycles. The molecule has 0 aliphatic carbocycles. The Morgan fingerprint density at radius 2 is 2.33 bits per heavy atom. The third-order valence-corrected chi connectivity index (χ3v) is 0.578. The highest BCUT2D eigenvalue weighted by molar-refractivity contribution is 5.64. The van der Waals surface area contributed by atoms with Gasteiger partial charge in [-0.25, -0.2) is 9.18 Å². The van der Waals surface area contributed by atoms with Gasteiger partial charge in [-0.15, -0.1) is 0 Å². The normalized spacial score (nSPS) is 9.89. The van der Waals surface area contributed by atoms with Crippen LogP contribution in [0.5, 0.6) is 0 Å². The highest BCUT2D eigenvalue weighted by Crippen LogP contribution is 1.77. The van der Waals surface area contributed by atoms with Crippen molar-refractivity contribution >= 4 is 6.09 Å². The zero-order valence-electron chi connectivity index (χ0n) is 4.84. The molecule has 0 rings (SSSR count). The summed E-state index contributed by atoms with van der Waals surface area (Å²) in [4.78, 5) is 9.83. The molecule has 0 aliphatic rings. The zero-order valence-corrected chi connectivity index (χ0v) is 4.84. The molecule has 9 heavy (non-hydrogen) atoms. The molecule has 0 saturated heterocycles. The fourth-order valence-corrected chi connectivity index (χ4v) is 0.261. The fourth-order valence-electron chi connectivity index (χ4n) is 0.261. The van der Waals surface area contributed by atoms with E-state index < -0.39 is 12.8 Å². The molecule has 0 radical (unpaired) electrons. The van der Waals surface area contributed by atoms with Gasteiger partial charge >= 0.3 is 6.09 Å². The van der Waals surface area contributed by atoms with E-state index >= 15 is 0 Å². The first kappa shape index (κ1) is 7.94. The van der Waals surface area contributed by atoms with Gasteiger partial charge in [0.25, 0.3) is 0 Å². The fraction of sp³-hybridized carbons (Fsp3) is 0.400. The van der Waals surface area contributed by atoms with E-state index in [1.165, 1.54) is 12.2 Å². The molecule has 0 unspecified atom stereocenters. The number of halogens is 1. The lowest BCUT2D eigenvalue weighted by atomic mass is 10.5. The minimum absolute atomic E-state index is 0.0409. The molecule has 0 heterocycles. The second-order valence-electron chi connectivity index (χ2n) is 1.26. The van der Waals surface area contributed by atoms with Gasteiger partial charge in [0.1, 0.15) is 13.3 Å². The quantitative estimate of drug-likeness (QED) is 0.573. The number of amides is 1. The van der Waals surface area contributed by atoms with Gasteiger partial charge in [-0.1, -0.05) is 6.08 Å². The average molecular weight is 133 g/mol.